The zero-order valence-electron chi connectivity index (χ0n) is 13.5. The van der Waals surface area contributed by atoms with E-state index in [2.05, 4.69) is 17.1 Å². The first-order chi connectivity index (χ1) is 11.2. The predicted molar refractivity (Wildman–Crippen MR) is 90.3 cm³/mol. The third kappa shape index (κ3) is 3.28. The van der Waals surface area contributed by atoms with Crippen LogP contribution in [0.25, 0.3) is 16.7 Å². The number of ether oxygens (including phenoxy) is 1. The first-order valence-electron chi connectivity index (χ1n) is 7.94. The highest BCUT2D eigenvalue weighted by Crippen LogP contribution is 2.25. The van der Waals surface area contributed by atoms with E-state index in [1.807, 2.05) is 30.3 Å². The molecule has 0 aliphatic heterocycles. The van der Waals surface area contributed by atoms with E-state index in [9.17, 15) is 5.11 Å². The lowest BCUT2D eigenvalue weighted by Crippen LogP contribution is -2.00. The van der Waals surface area contributed by atoms with Gasteiger partial charge in [-0.1, -0.05) is 25.8 Å². The second-order valence-electron chi connectivity index (χ2n) is 5.62. The van der Waals surface area contributed by atoms with Crippen molar-refractivity contribution in [1.82, 2.24) is 15.0 Å². The number of phenols is 1. The van der Waals surface area contributed by atoms with Crippen molar-refractivity contribution in [1.29, 1.82) is 0 Å². The van der Waals surface area contributed by atoms with E-state index in [0.717, 1.165) is 29.6 Å². The average molecular weight is 311 g/mol. The highest BCUT2D eigenvalue weighted by atomic mass is 16.5. The molecule has 120 valence electrons. The molecule has 0 aliphatic rings. The van der Waals surface area contributed by atoms with Crippen molar-refractivity contribution in [2.24, 2.45) is 0 Å². The number of nitrogens with zero attached hydrogens (tertiary/aromatic N) is 3. The van der Waals surface area contributed by atoms with Gasteiger partial charge in [0.15, 0.2) is 0 Å². The molecule has 5 heteroatoms. The van der Waals surface area contributed by atoms with Gasteiger partial charge in [-0.2, -0.15) is 0 Å². The Labute approximate surface area is 135 Å². The number of phenolic OH excluding ortho intramolecular Hbond substituents is 1. The van der Waals surface area contributed by atoms with Crippen molar-refractivity contribution in [3.63, 3.8) is 0 Å². The largest absolute Gasteiger partial charge is 0.506 e. The maximum absolute atomic E-state index is 10.2. The number of fused-ring (bicyclic) bond motifs is 1. The average Bonchev–Trinajstić information content (AvgIpc) is 2.99. The first-order valence-corrected chi connectivity index (χ1v) is 7.94. The van der Waals surface area contributed by atoms with Crippen LogP contribution in [0.3, 0.4) is 0 Å². The summed E-state index contributed by atoms with van der Waals surface area (Å²) in [6.07, 6.45) is 4.54. The molecule has 0 bridgehead atoms. The Morgan fingerprint density at radius 3 is 2.65 bits per heavy atom. The summed E-state index contributed by atoms with van der Waals surface area (Å²) in [5, 5.41) is 19.1. The highest BCUT2D eigenvalue weighted by Gasteiger charge is 2.10. The van der Waals surface area contributed by atoms with Gasteiger partial charge in [0.05, 0.1) is 7.11 Å². The SMILES string of the molecule is CCCCCc1ccc(O)c(-n2nc3ccc(OC)cc3n2)c1. The summed E-state index contributed by atoms with van der Waals surface area (Å²) < 4.78 is 5.21. The number of rotatable bonds is 6. The van der Waals surface area contributed by atoms with Crippen LogP contribution in [-0.2, 0) is 6.42 Å². The molecule has 0 saturated carbocycles. The molecule has 0 saturated heterocycles. The van der Waals surface area contributed by atoms with Gasteiger partial charge in [-0.15, -0.1) is 15.0 Å². The number of aromatic nitrogens is 3. The molecule has 0 unspecified atom stereocenters. The van der Waals surface area contributed by atoms with Gasteiger partial charge in [0.25, 0.3) is 0 Å². The molecular weight excluding hydrogens is 290 g/mol. The lowest BCUT2D eigenvalue weighted by Gasteiger charge is -2.06. The highest BCUT2D eigenvalue weighted by molar-refractivity contribution is 5.75. The van der Waals surface area contributed by atoms with Gasteiger partial charge < -0.3 is 9.84 Å². The first kappa shape index (κ1) is 15.3. The van der Waals surface area contributed by atoms with E-state index < -0.39 is 0 Å². The molecule has 0 aliphatic carbocycles. The molecule has 1 heterocycles. The van der Waals surface area contributed by atoms with Crippen LogP contribution in [0, 0.1) is 0 Å². The molecule has 0 radical (unpaired) electrons. The fourth-order valence-electron chi connectivity index (χ4n) is 2.59. The van der Waals surface area contributed by atoms with Gasteiger partial charge in [-0.05, 0) is 42.7 Å². The molecule has 0 atom stereocenters. The quantitative estimate of drug-likeness (QED) is 0.702. The van der Waals surface area contributed by atoms with Crippen LogP contribution in [-0.4, -0.2) is 27.2 Å². The topological polar surface area (TPSA) is 60.2 Å². The van der Waals surface area contributed by atoms with E-state index in [4.69, 9.17) is 4.74 Å². The minimum atomic E-state index is 0.177. The maximum atomic E-state index is 10.2. The molecule has 1 N–H and O–H groups in total. The second kappa shape index (κ2) is 6.69. The van der Waals surface area contributed by atoms with Gasteiger partial charge in [0, 0.05) is 6.07 Å². The third-order valence-corrected chi connectivity index (χ3v) is 3.91. The molecule has 3 aromatic rings. The lowest BCUT2D eigenvalue weighted by atomic mass is 10.1. The summed E-state index contributed by atoms with van der Waals surface area (Å²) in [6, 6.07) is 11.2. The van der Waals surface area contributed by atoms with E-state index in [-0.39, 0.29) is 5.75 Å². The third-order valence-electron chi connectivity index (χ3n) is 3.91. The normalized spacial score (nSPS) is 11.0. The predicted octanol–water partition coefficient (Wildman–Crippen LogP) is 3.87. The molecule has 5 nitrogen and oxygen atoms in total. The number of unbranched alkanes of at least 4 members (excludes halogenated alkanes) is 2. The van der Waals surface area contributed by atoms with Gasteiger partial charge in [0.2, 0.25) is 0 Å². The molecule has 2 aromatic carbocycles. The smallest absolute Gasteiger partial charge is 0.143 e. The van der Waals surface area contributed by atoms with Crippen LogP contribution in [0.1, 0.15) is 31.7 Å². The Bertz CT molecular complexity index is 811. The fraction of sp³-hybridized carbons (Fsp3) is 0.333. The standard InChI is InChI=1S/C18H21N3O2/c1-3-4-5-6-13-7-10-18(22)17(11-13)21-19-15-9-8-14(23-2)12-16(15)20-21/h7-12,22H,3-6H2,1-2H3. The minimum Gasteiger partial charge on any atom is -0.506 e. The Morgan fingerprint density at radius 2 is 1.87 bits per heavy atom. The zero-order chi connectivity index (χ0) is 16.2. The van der Waals surface area contributed by atoms with Crippen molar-refractivity contribution in [2.45, 2.75) is 32.6 Å². The second-order valence-corrected chi connectivity index (χ2v) is 5.62. The van der Waals surface area contributed by atoms with Crippen molar-refractivity contribution in [3.05, 3.63) is 42.0 Å². The van der Waals surface area contributed by atoms with Gasteiger partial charge in [-0.25, -0.2) is 0 Å². The monoisotopic (exact) mass is 311 g/mol. The molecule has 0 spiro atoms. The number of hydrogen-bond acceptors (Lipinski definition) is 4. The minimum absolute atomic E-state index is 0.177. The summed E-state index contributed by atoms with van der Waals surface area (Å²) in [5.74, 6) is 0.915. The summed E-state index contributed by atoms with van der Waals surface area (Å²) >= 11 is 0. The summed E-state index contributed by atoms with van der Waals surface area (Å²) in [7, 11) is 1.62. The van der Waals surface area contributed by atoms with Crippen molar-refractivity contribution < 1.29 is 9.84 Å². The summed E-state index contributed by atoms with van der Waals surface area (Å²) in [5.41, 5.74) is 3.29. The van der Waals surface area contributed by atoms with Crippen molar-refractivity contribution in [2.75, 3.05) is 7.11 Å². The molecule has 3 rings (SSSR count). The molecule has 0 amide bonds. The Morgan fingerprint density at radius 1 is 1.04 bits per heavy atom. The number of hydrogen-bond donors (Lipinski definition) is 1. The van der Waals surface area contributed by atoms with Gasteiger partial charge >= 0.3 is 0 Å². The van der Waals surface area contributed by atoms with Crippen LogP contribution in [0.2, 0.25) is 0 Å². The number of methoxy groups -OCH3 is 1. The fourth-order valence-corrected chi connectivity index (χ4v) is 2.59. The maximum Gasteiger partial charge on any atom is 0.143 e. The van der Waals surface area contributed by atoms with Crippen LogP contribution < -0.4 is 4.74 Å². The number of aromatic hydroxyl groups is 1. The number of benzene rings is 2. The van der Waals surface area contributed by atoms with Crippen LogP contribution in [0.5, 0.6) is 11.5 Å². The van der Waals surface area contributed by atoms with Crippen LogP contribution in [0.4, 0.5) is 0 Å². The Kier molecular flexibility index (Phi) is 4.46. The molecular formula is C18H21N3O2. The Hall–Kier alpha value is -2.56. The van der Waals surface area contributed by atoms with Gasteiger partial charge in [0.1, 0.15) is 28.2 Å². The summed E-state index contributed by atoms with van der Waals surface area (Å²) in [6.45, 7) is 2.19. The number of aryl methyl sites for hydroxylation is 1. The zero-order valence-corrected chi connectivity index (χ0v) is 13.5. The van der Waals surface area contributed by atoms with Crippen molar-refractivity contribution in [3.8, 4) is 17.2 Å². The van der Waals surface area contributed by atoms with E-state index >= 15 is 0 Å². The van der Waals surface area contributed by atoms with Crippen LogP contribution >= 0.6 is 0 Å². The van der Waals surface area contributed by atoms with Crippen molar-refractivity contribution >= 4 is 11.0 Å². The summed E-state index contributed by atoms with van der Waals surface area (Å²) in [4.78, 5) is 1.49. The van der Waals surface area contributed by atoms with E-state index in [1.165, 1.54) is 23.2 Å². The molecule has 1 aromatic heterocycles. The van der Waals surface area contributed by atoms with E-state index in [0.29, 0.717) is 5.69 Å². The molecule has 0 fully saturated rings. The van der Waals surface area contributed by atoms with E-state index in [1.54, 1.807) is 13.2 Å². The lowest BCUT2D eigenvalue weighted by molar-refractivity contribution is 0.415. The molecule has 23 heavy (non-hydrogen) atoms. The van der Waals surface area contributed by atoms with Gasteiger partial charge in [-0.3, -0.25) is 0 Å². The van der Waals surface area contributed by atoms with Crippen LogP contribution in [0.15, 0.2) is 36.4 Å². The Balaban J connectivity index is 1.95.